The topological polar surface area (TPSA) is 112 Å². The smallest absolute Gasteiger partial charge is 0.291 e. The number of rotatable bonds is 9. The number of anilines is 1. The van der Waals surface area contributed by atoms with Gasteiger partial charge in [0, 0.05) is 17.8 Å². The number of amides is 2. The predicted octanol–water partition coefficient (Wildman–Crippen LogP) is 4.50. The summed E-state index contributed by atoms with van der Waals surface area (Å²) in [6.07, 6.45) is 3.12. The number of nitrogens with one attached hydrogen (secondary N) is 2. The zero-order chi connectivity index (χ0) is 23.2. The molecule has 2 N–H and O–H groups in total. The average molecular weight is 469 g/mol. The molecule has 170 valence electrons. The highest BCUT2D eigenvalue weighted by atomic mass is 35.5. The van der Waals surface area contributed by atoms with Gasteiger partial charge in [-0.05, 0) is 55.5 Å². The fourth-order valence-electron chi connectivity index (χ4n) is 2.95. The third-order valence-corrected chi connectivity index (χ3v) is 4.88. The van der Waals surface area contributed by atoms with Gasteiger partial charge in [0.1, 0.15) is 23.9 Å². The van der Waals surface area contributed by atoms with Crippen molar-refractivity contribution in [1.29, 1.82) is 0 Å². The van der Waals surface area contributed by atoms with Gasteiger partial charge in [-0.1, -0.05) is 11.6 Å². The summed E-state index contributed by atoms with van der Waals surface area (Å²) in [5.74, 6) is 0.826. The summed E-state index contributed by atoms with van der Waals surface area (Å²) in [7, 11) is 0. The van der Waals surface area contributed by atoms with Crippen molar-refractivity contribution in [3.8, 4) is 5.75 Å². The largest absolute Gasteiger partial charge is 0.486 e. The second-order valence-electron chi connectivity index (χ2n) is 6.97. The van der Waals surface area contributed by atoms with Gasteiger partial charge in [-0.25, -0.2) is 0 Å². The number of furan rings is 2. The van der Waals surface area contributed by atoms with E-state index >= 15 is 0 Å². The van der Waals surface area contributed by atoms with Crippen molar-refractivity contribution in [3.63, 3.8) is 0 Å². The molecule has 10 heteroatoms. The third kappa shape index (κ3) is 5.64. The van der Waals surface area contributed by atoms with Gasteiger partial charge in [0.25, 0.3) is 11.8 Å². The maximum Gasteiger partial charge on any atom is 0.291 e. The summed E-state index contributed by atoms with van der Waals surface area (Å²) >= 11 is 5.86. The number of ether oxygens (including phenoxy) is 1. The van der Waals surface area contributed by atoms with Gasteiger partial charge in [-0.3, -0.25) is 14.3 Å². The van der Waals surface area contributed by atoms with Crippen molar-refractivity contribution in [3.05, 3.63) is 89.0 Å². The molecule has 0 aliphatic heterocycles. The SMILES string of the molecule is CCn1cc(NC(=O)c2ccc(COc3ccc(Cl)cc3)o2)c(C(=O)NCc2ccco2)n1. The Bertz CT molecular complexity index is 1230. The summed E-state index contributed by atoms with van der Waals surface area (Å²) in [5.41, 5.74) is 0.365. The van der Waals surface area contributed by atoms with E-state index in [2.05, 4.69) is 15.7 Å². The zero-order valence-electron chi connectivity index (χ0n) is 17.7. The first-order chi connectivity index (χ1) is 16.0. The Morgan fingerprint density at radius 2 is 1.91 bits per heavy atom. The Hall–Kier alpha value is -3.98. The summed E-state index contributed by atoms with van der Waals surface area (Å²) in [6, 6.07) is 13.6. The Morgan fingerprint density at radius 1 is 1.09 bits per heavy atom. The van der Waals surface area contributed by atoms with Gasteiger partial charge in [-0.2, -0.15) is 5.10 Å². The van der Waals surface area contributed by atoms with E-state index in [1.807, 2.05) is 6.92 Å². The number of aromatic nitrogens is 2. The Balaban J connectivity index is 1.40. The summed E-state index contributed by atoms with van der Waals surface area (Å²) in [6.45, 7) is 2.75. The molecule has 0 atom stereocenters. The van der Waals surface area contributed by atoms with Crippen LogP contribution < -0.4 is 15.4 Å². The number of carbonyl (C=O) groups excluding carboxylic acids is 2. The van der Waals surface area contributed by atoms with Crippen molar-refractivity contribution >= 4 is 29.1 Å². The average Bonchev–Trinajstić information content (AvgIpc) is 3.58. The molecule has 2 amide bonds. The minimum atomic E-state index is -0.511. The first kappa shape index (κ1) is 22.2. The van der Waals surface area contributed by atoms with Crippen LogP contribution in [0.5, 0.6) is 5.75 Å². The van der Waals surface area contributed by atoms with Crippen LogP contribution in [0.25, 0.3) is 0 Å². The van der Waals surface area contributed by atoms with E-state index in [-0.39, 0.29) is 30.3 Å². The number of benzene rings is 1. The van der Waals surface area contributed by atoms with Crippen LogP contribution in [0.1, 0.15) is 39.5 Å². The number of hydrogen-bond acceptors (Lipinski definition) is 6. The van der Waals surface area contributed by atoms with Crippen LogP contribution in [0, 0.1) is 0 Å². The van der Waals surface area contributed by atoms with Crippen LogP contribution in [-0.4, -0.2) is 21.6 Å². The van der Waals surface area contributed by atoms with Crippen molar-refractivity contribution in [1.82, 2.24) is 15.1 Å². The van der Waals surface area contributed by atoms with Crippen molar-refractivity contribution in [2.75, 3.05) is 5.32 Å². The normalized spacial score (nSPS) is 10.7. The van der Waals surface area contributed by atoms with Crippen molar-refractivity contribution < 1.29 is 23.2 Å². The molecule has 4 aromatic rings. The van der Waals surface area contributed by atoms with Gasteiger partial charge in [-0.15, -0.1) is 0 Å². The molecular formula is C23H21ClN4O5. The van der Waals surface area contributed by atoms with E-state index < -0.39 is 11.8 Å². The lowest BCUT2D eigenvalue weighted by atomic mass is 10.3. The van der Waals surface area contributed by atoms with E-state index in [1.54, 1.807) is 53.3 Å². The molecule has 0 aliphatic carbocycles. The highest BCUT2D eigenvalue weighted by Crippen LogP contribution is 2.19. The van der Waals surface area contributed by atoms with Crippen LogP contribution in [-0.2, 0) is 19.7 Å². The second kappa shape index (κ2) is 10.1. The van der Waals surface area contributed by atoms with Crippen molar-refractivity contribution in [2.24, 2.45) is 0 Å². The lowest BCUT2D eigenvalue weighted by Gasteiger charge is -2.05. The number of carbonyl (C=O) groups is 2. The molecule has 33 heavy (non-hydrogen) atoms. The van der Waals surface area contributed by atoms with Crippen LogP contribution in [0.15, 0.2) is 69.8 Å². The van der Waals surface area contributed by atoms with E-state index in [0.29, 0.717) is 28.8 Å². The van der Waals surface area contributed by atoms with E-state index in [9.17, 15) is 9.59 Å². The zero-order valence-corrected chi connectivity index (χ0v) is 18.5. The number of hydrogen-bond donors (Lipinski definition) is 2. The Morgan fingerprint density at radius 3 is 2.64 bits per heavy atom. The third-order valence-electron chi connectivity index (χ3n) is 4.63. The van der Waals surface area contributed by atoms with Gasteiger partial charge < -0.3 is 24.2 Å². The van der Waals surface area contributed by atoms with Crippen molar-refractivity contribution in [2.45, 2.75) is 26.6 Å². The number of nitrogens with zero attached hydrogens (tertiary/aromatic N) is 2. The van der Waals surface area contributed by atoms with Gasteiger partial charge in [0.05, 0.1) is 18.5 Å². The molecule has 9 nitrogen and oxygen atoms in total. The summed E-state index contributed by atoms with van der Waals surface area (Å²) in [4.78, 5) is 25.3. The van der Waals surface area contributed by atoms with Gasteiger partial charge in [0.15, 0.2) is 11.5 Å². The number of halogens is 1. The minimum Gasteiger partial charge on any atom is -0.486 e. The second-order valence-corrected chi connectivity index (χ2v) is 7.41. The molecule has 4 rings (SSSR count). The van der Waals surface area contributed by atoms with Crippen LogP contribution in [0.3, 0.4) is 0 Å². The van der Waals surface area contributed by atoms with E-state index in [0.717, 1.165) is 0 Å². The molecule has 0 fully saturated rings. The molecule has 0 aliphatic rings. The first-order valence-corrected chi connectivity index (χ1v) is 10.6. The summed E-state index contributed by atoms with van der Waals surface area (Å²) < 4.78 is 18.0. The monoisotopic (exact) mass is 468 g/mol. The fraction of sp³-hybridized carbons (Fsp3) is 0.174. The molecule has 0 saturated heterocycles. The Kier molecular flexibility index (Phi) is 6.80. The first-order valence-electron chi connectivity index (χ1n) is 10.2. The van der Waals surface area contributed by atoms with Crippen LogP contribution in [0.4, 0.5) is 5.69 Å². The van der Waals surface area contributed by atoms with Gasteiger partial charge >= 0.3 is 0 Å². The molecule has 0 bridgehead atoms. The van der Waals surface area contributed by atoms with Gasteiger partial charge in [0.2, 0.25) is 0 Å². The van der Waals surface area contributed by atoms with E-state index in [4.69, 9.17) is 25.2 Å². The minimum absolute atomic E-state index is 0.0795. The molecule has 1 aromatic carbocycles. The maximum absolute atomic E-state index is 12.7. The predicted molar refractivity (Wildman–Crippen MR) is 120 cm³/mol. The molecular weight excluding hydrogens is 448 g/mol. The van der Waals surface area contributed by atoms with Crippen LogP contribution in [0.2, 0.25) is 5.02 Å². The molecule has 0 saturated carbocycles. The van der Waals surface area contributed by atoms with E-state index in [1.165, 1.54) is 12.3 Å². The number of aryl methyl sites for hydroxylation is 1. The Labute approximate surface area is 194 Å². The van der Waals surface area contributed by atoms with Crippen LogP contribution >= 0.6 is 11.6 Å². The highest BCUT2D eigenvalue weighted by Gasteiger charge is 2.21. The molecule has 3 heterocycles. The lowest BCUT2D eigenvalue weighted by Crippen LogP contribution is -2.25. The summed E-state index contributed by atoms with van der Waals surface area (Å²) in [5, 5.41) is 10.3. The fourth-order valence-corrected chi connectivity index (χ4v) is 3.08. The highest BCUT2D eigenvalue weighted by molar-refractivity contribution is 6.30. The molecule has 0 radical (unpaired) electrons. The lowest BCUT2D eigenvalue weighted by molar-refractivity contribution is 0.0943. The molecule has 3 aromatic heterocycles. The molecule has 0 spiro atoms. The quantitative estimate of drug-likeness (QED) is 0.374. The standard InChI is InChI=1S/C23H21ClN4O5/c1-2-28-13-19(21(27-28)23(30)25-12-17-4-3-11-31-17)26-22(29)20-10-9-18(33-20)14-32-16-7-5-15(24)6-8-16/h3-11,13H,2,12,14H2,1H3,(H,25,30)(H,26,29). The molecule has 0 unspecified atom stereocenters. The maximum atomic E-state index is 12.7.